The molecule has 0 aliphatic heterocycles. The van der Waals surface area contributed by atoms with Gasteiger partial charge < -0.3 is 10.2 Å². The molecule has 230 valence electrons. The summed E-state index contributed by atoms with van der Waals surface area (Å²) in [5.41, 5.74) is 3.46. The molecule has 0 unspecified atom stereocenters. The van der Waals surface area contributed by atoms with Gasteiger partial charge in [0.1, 0.15) is 12.6 Å². The fourth-order valence-corrected chi connectivity index (χ4v) is 7.26. The number of hydrogen-bond acceptors (Lipinski definition) is 4. The van der Waals surface area contributed by atoms with Gasteiger partial charge in [0.2, 0.25) is 11.8 Å². The Kier molecular flexibility index (Phi) is 10.8. The van der Waals surface area contributed by atoms with Gasteiger partial charge >= 0.3 is 0 Å². The topological polar surface area (TPSA) is 86.8 Å². The molecule has 10 heteroatoms. The molecule has 1 aliphatic carbocycles. The van der Waals surface area contributed by atoms with Crippen LogP contribution in [0.5, 0.6) is 0 Å². The van der Waals surface area contributed by atoms with Gasteiger partial charge in [0, 0.05) is 22.6 Å². The molecule has 0 spiro atoms. The first-order chi connectivity index (χ1) is 20.4. The zero-order valence-corrected chi connectivity index (χ0v) is 27.4. The van der Waals surface area contributed by atoms with E-state index in [4.69, 9.17) is 23.2 Å². The Hall–Kier alpha value is -3.07. The zero-order valence-electron chi connectivity index (χ0n) is 25.1. The number of rotatable bonds is 10. The van der Waals surface area contributed by atoms with Gasteiger partial charge in [-0.05, 0) is 87.6 Å². The minimum atomic E-state index is -4.15. The van der Waals surface area contributed by atoms with Gasteiger partial charge in [-0.1, -0.05) is 78.4 Å². The second kappa shape index (κ2) is 14.1. The fourth-order valence-electron chi connectivity index (χ4n) is 5.32. The van der Waals surface area contributed by atoms with Gasteiger partial charge in [-0.2, -0.15) is 0 Å². The first-order valence-electron chi connectivity index (χ1n) is 14.6. The summed E-state index contributed by atoms with van der Waals surface area (Å²) in [5.74, 6) is -0.820. The van der Waals surface area contributed by atoms with Crippen molar-refractivity contribution in [3.63, 3.8) is 0 Å². The van der Waals surface area contributed by atoms with Crippen molar-refractivity contribution >= 4 is 50.7 Å². The van der Waals surface area contributed by atoms with Crippen LogP contribution < -0.4 is 9.62 Å². The van der Waals surface area contributed by atoms with E-state index >= 15 is 0 Å². The van der Waals surface area contributed by atoms with Crippen LogP contribution in [-0.2, 0) is 26.2 Å². The molecule has 3 aromatic carbocycles. The summed E-state index contributed by atoms with van der Waals surface area (Å²) in [5, 5.41) is 3.90. The van der Waals surface area contributed by atoms with Crippen molar-refractivity contribution in [3.8, 4) is 0 Å². The second-order valence-electron chi connectivity index (χ2n) is 11.4. The highest BCUT2D eigenvalue weighted by Crippen LogP contribution is 2.29. The van der Waals surface area contributed by atoms with E-state index in [1.165, 1.54) is 4.90 Å². The van der Waals surface area contributed by atoms with Crippen LogP contribution in [0.2, 0.25) is 10.0 Å². The summed E-state index contributed by atoms with van der Waals surface area (Å²) in [6.45, 7) is 6.71. The number of carbonyl (C=O) groups excluding carboxylic acids is 2. The van der Waals surface area contributed by atoms with Crippen LogP contribution in [0.4, 0.5) is 5.69 Å². The van der Waals surface area contributed by atoms with Crippen molar-refractivity contribution in [1.29, 1.82) is 0 Å². The highest BCUT2D eigenvalue weighted by molar-refractivity contribution is 7.92. The Balaban J connectivity index is 1.73. The molecular formula is C33H39Cl2N3O4S. The third-order valence-corrected chi connectivity index (χ3v) is 10.4. The van der Waals surface area contributed by atoms with E-state index in [2.05, 4.69) is 5.32 Å². The second-order valence-corrected chi connectivity index (χ2v) is 14.1. The number of hydrogen-bond donors (Lipinski definition) is 1. The fraction of sp³-hybridized carbons (Fsp3) is 0.394. The number of sulfonamides is 1. The smallest absolute Gasteiger partial charge is 0.264 e. The molecule has 1 saturated carbocycles. The zero-order chi connectivity index (χ0) is 31.3. The maximum absolute atomic E-state index is 14.2. The molecule has 0 bridgehead atoms. The first kappa shape index (κ1) is 32.8. The van der Waals surface area contributed by atoms with E-state index in [1.807, 2.05) is 32.9 Å². The van der Waals surface area contributed by atoms with Gasteiger partial charge in [0.25, 0.3) is 10.0 Å². The van der Waals surface area contributed by atoms with Gasteiger partial charge in [0.15, 0.2) is 0 Å². The summed E-state index contributed by atoms with van der Waals surface area (Å²) in [6.07, 6.45) is 5.02. The van der Waals surface area contributed by atoms with Gasteiger partial charge in [-0.15, -0.1) is 0 Å². The van der Waals surface area contributed by atoms with Crippen molar-refractivity contribution in [2.45, 2.75) is 83.3 Å². The average Bonchev–Trinajstić information content (AvgIpc) is 2.97. The van der Waals surface area contributed by atoms with E-state index in [0.717, 1.165) is 47.5 Å². The number of aryl methyl sites for hydroxylation is 3. The van der Waals surface area contributed by atoms with E-state index < -0.39 is 28.5 Å². The Labute approximate surface area is 265 Å². The van der Waals surface area contributed by atoms with Crippen LogP contribution in [0.1, 0.15) is 61.3 Å². The molecular weight excluding hydrogens is 605 g/mol. The third-order valence-electron chi connectivity index (χ3n) is 8.00. The highest BCUT2D eigenvalue weighted by atomic mass is 35.5. The average molecular weight is 645 g/mol. The number of halogens is 2. The summed E-state index contributed by atoms with van der Waals surface area (Å²) in [4.78, 5) is 29.2. The minimum Gasteiger partial charge on any atom is -0.352 e. The quantitative estimate of drug-likeness (QED) is 0.258. The molecule has 7 nitrogen and oxygen atoms in total. The number of amides is 2. The van der Waals surface area contributed by atoms with Crippen LogP contribution in [0, 0.1) is 20.8 Å². The Morgan fingerprint density at radius 2 is 1.56 bits per heavy atom. The van der Waals surface area contributed by atoms with Crippen LogP contribution in [0.25, 0.3) is 0 Å². The Morgan fingerprint density at radius 3 is 2.21 bits per heavy atom. The lowest BCUT2D eigenvalue weighted by Crippen LogP contribution is -2.53. The maximum atomic E-state index is 14.2. The Bertz CT molecular complexity index is 1570. The summed E-state index contributed by atoms with van der Waals surface area (Å²) in [7, 11) is -4.15. The first-order valence-corrected chi connectivity index (χ1v) is 16.8. The van der Waals surface area contributed by atoms with Crippen molar-refractivity contribution in [1.82, 2.24) is 10.2 Å². The summed E-state index contributed by atoms with van der Waals surface area (Å²) in [6, 6.07) is 16.1. The monoisotopic (exact) mass is 643 g/mol. The van der Waals surface area contributed by atoms with Crippen molar-refractivity contribution in [2.75, 3.05) is 10.8 Å². The molecule has 1 N–H and O–H groups in total. The van der Waals surface area contributed by atoms with Crippen LogP contribution in [0.3, 0.4) is 0 Å². The number of nitrogens with one attached hydrogen (secondary N) is 1. The lowest BCUT2D eigenvalue weighted by molar-refractivity contribution is -0.139. The van der Waals surface area contributed by atoms with Crippen molar-refractivity contribution in [3.05, 3.63) is 93.0 Å². The minimum absolute atomic E-state index is 0.000687. The predicted octanol–water partition coefficient (Wildman–Crippen LogP) is 6.98. The van der Waals surface area contributed by atoms with Gasteiger partial charge in [0.05, 0.1) is 10.6 Å². The molecule has 0 radical (unpaired) electrons. The lowest BCUT2D eigenvalue weighted by Gasteiger charge is -2.34. The van der Waals surface area contributed by atoms with E-state index in [0.29, 0.717) is 26.9 Å². The molecule has 0 aromatic heterocycles. The van der Waals surface area contributed by atoms with Crippen LogP contribution in [0.15, 0.2) is 65.6 Å². The molecule has 1 atom stereocenters. The van der Waals surface area contributed by atoms with Gasteiger partial charge in [-0.25, -0.2) is 8.42 Å². The van der Waals surface area contributed by atoms with E-state index in [1.54, 1.807) is 55.5 Å². The number of nitrogens with zero attached hydrogens (tertiary/aromatic N) is 2. The van der Waals surface area contributed by atoms with Crippen molar-refractivity contribution in [2.24, 2.45) is 0 Å². The molecule has 0 saturated heterocycles. The van der Waals surface area contributed by atoms with E-state index in [9.17, 15) is 18.0 Å². The van der Waals surface area contributed by atoms with Crippen molar-refractivity contribution < 1.29 is 18.0 Å². The summed E-state index contributed by atoms with van der Waals surface area (Å²) < 4.78 is 29.4. The highest BCUT2D eigenvalue weighted by Gasteiger charge is 2.34. The van der Waals surface area contributed by atoms with E-state index in [-0.39, 0.29) is 23.4 Å². The normalized spacial score (nSPS) is 14.7. The lowest BCUT2D eigenvalue weighted by atomic mass is 9.95. The van der Waals surface area contributed by atoms with Gasteiger partial charge in [-0.3, -0.25) is 13.9 Å². The SMILES string of the molecule is Cc1ccc(S(=O)(=O)N(CC(=O)N(Cc2ccc(Cl)cc2Cl)[C@@H](C)C(=O)NC2CCCCC2)c2cc(C)ccc2C)cc1. The third kappa shape index (κ3) is 8.11. The molecule has 4 rings (SSSR count). The standard InChI is InChI=1S/C33H39Cl2N3O4S/c1-22-11-16-29(17-12-22)43(41,42)38(31-18-23(2)10-13-24(31)3)21-32(39)37(20-26-14-15-27(34)19-30(26)35)25(4)33(40)36-28-8-6-5-7-9-28/h10-19,25,28H,5-9,20-21H2,1-4H3,(H,36,40)/t25-/m0/s1. The predicted molar refractivity (Wildman–Crippen MR) is 173 cm³/mol. The number of carbonyl (C=O) groups is 2. The molecule has 43 heavy (non-hydrogen) atoms. The number of anilines is 1. The summed E-state index contributed by atoms with van der Waals surface area (Å²) >= 11 is 12.6. The molecule has 3 aromatic rings. The Morgan fingerprint density at radius 1 is 0.907 bits per heavy atom. The molecule has 1 fully saturated rings. The van der Waals surface area contributed by atoms with Crippen LogP contribution in [-0.4, -0.2) is 43.8 Å². The number of benzene rings is 3. The molecule has 0 heterocycles. The largest absolute Gasteiger partial charge is 0.352 e. The maximum Gasteiger partial charge on any atom is 0.264 e. The molecule has 1 aliphatic rings. The van der Waals surface area contributed by atoms with Crippen LogP contribution >= 0.6 is 23.2 Å². The molecule has 2 amide bonds.